The molecule has 2 aliphatic rings. The summed E-state index contributed by atoms with van der Waals surface area (Å²) < 4.78 is 34.1. The maximum absolute atomic E-state index is 10.7. The van der Waals surface area contributed by atoms with E-state index >= 15 is 0 Å². The number of aromatic nitrogens is 2. The first kappa shape index (κ1) is 27.2. The minimum Gasteiger partial charge on any atom is -0.475 e. The molecule has 194 valence electrons. The van der Waals surface area contributed by atoms with Gasteiger partial charge in [0.2, 0.25) is 0 Å². The van der Waals surface area contributed by atoms with Gasteiger partial charge in [-0.15, -0.1) is 0 Å². The summed E-state index contributed by atoms with van der Waals surface area (Å²) in [6.45, 7) is 5.06. The normalized spacial score (nSPS) is 19.2. The Morgan fingerprint density at radius 2 is 1.77 bits per heavy atom. The average molecular weight is 496 g/mol. The van der Waals surface area contributed by atoms with Crippen LogP contribution in [0.1, 0.15) is 92.9 Å². The zero-order valence-corrected chi connectivity index (χ0v) is 20.4. The van der Waals surface area contributed by atoms with E-state index in [1.54, 1.807) is 0 Å². The molecule has 0 bridgehead atoms. The van der Waals surface area contributed by atoms with Crippen molar-refractivity contribution in [2.45, 2.75) is 89.6 Å². The Morgan fingerprint density at radius 3 is 2.34 bits per heavy atom. The van der Waals surface area contributed by atoms with Gasteiger partial charge in [-0.3, -0.25) is 4.68 Å². The van der Waals surface area contributed by atoms with Crippen molar-refractivity contribution in [3.63, 3.8) is 0 Å². The first-order valence-electron chi connectivity index (χ1n) is 12.4. The van der Waals surface area contributed by atoms with E-state index in [9.17, 15) is 18.3 Å². The van der Waals surface area contributed by atoms with Gasteiger partial charge in [-0.2, -0.15) is 18.3 Å². The molecule has 2 aliphatic carbocycles. The minimum atomic E-state index is -5.08. The Kier molecular flexibility index (Phi) is 9.35. The molecule has 1 aromatic carbocycles. The largest absolute Gasteiger partial charge is 0.490 e. The standard InChI is InChI=1S/C24H35N3O.C2HF3O2/c1-17(2)14-18-10-12-19(13-11-18)24(28)16-25-22-8-5-9-23-21(22)15-26-27(23)20-6-3-4-7-20;3-2(4,5)1(6)7/h10-13,15,17,20,22,24-25,28H,3-9,14,16H2,1-2H3;(H,6,7). The van der Waals surface area contributed by atoms with Gasteiger partial charge in [-0.25, -0.2) is 4.79 Å². The molecule has 1 heterocycles. The zero-order chi connectivity index (χ0) is 25.6. The highest BCUT2D eigenvalue weighted by Gasteiger charge is 2.38. The van der Waals surface area contributed by atoms with E-state index in [-0.39, 0.29) is 0 Å². The van der Waals surface area contributed by atoms with E-state index in [2.05, 4.69) is 54.3 Å². The molecule has 6 nitrogen and oxygen atoms in total. The molecule has 0 spiro atoms. The van der Waals surface area contributed by atoms with Crippen LogP contribution < -0.4 is 5.32 Å². The fourth-order valence-electron chi connectivity index (χ4n) is 4.97. The van der Waals surface area contributed by atoms with Gasteiger partial charge in [0.15, 0.2) is 0 Å². The number of fused-ring (bicyclic) bond motifs is 1. The maximum Gasteiger partial charge on any atom is 0.490 e. The molecule has 2 unspecified atom stereocenters. The van der Waals surface area contributed by atoms with Gasteiger partial charge in [0.1, 0.15) is 0 Å². The van der Waals surface area contributed by atoms with Gasteiger partial charge in [0.25, 0.3) is 0 Å². The van der Waals surface area contributed by atoms with Gasteiger partial charge >= 0.3 is 12.1 Å². The number of hydrogen-bond donors (Lipinski definition) is 3. The van der Waals surface area contributed by atoms with E-state index in [1.165, 1.54) is 48.9 Å². The maximum atomic E-state index is 10.7. The molecule has 0 saturated heterocycles. The van der Waals surface area contributed by atoms with E-state index < -0.39 is 18.2 Å². The van der Waals surface area contributed by atoms with Crippen molar-refractivity contribution in [3.05, 3.63) is 52.8 Å². The number of aliphatic carboxylic acids is 1. The van der Waals surface area contributed by atoms with E-state index in [0.29, 0.717) is 24.5 Å². The molecule has 35 heavy (non-hydrogen) atoms. The second kappa shape index (κ2) is 12.0. The highest BCUT2D eigenvalue weighted by Crippen LogP contribution is 2.36. The summed E-state index contributed by atoms with van der Waals surface area (Å²) in [6, 6.07) is 9.39. The molecule has 4 rings (SSSR count). The summed E-state index contributed by atoms with van der Waals surface area (Å²) in [5.41, 5.74) is 5.13. The molecule has 1 fully saturated rings. The summed E-state index contributed by atoms with van der Waals surface area (Å²) in [6.07, 6.45) is 6.31. The number of aliphatic hydroxyl groups excluding tert-OH is 1. The second-order valence-electron chi connectivity index (χ2n) is 9.94. The number of carboxylic acids is 1. The lowest BCUT2D eigenvalue weighted by atomic mass is 9.92. The fourth-order valence-corrected chi connectivity index (χ4v) is 4.97. The Hall–Kier alpha value is -2.39. The van der Waals surface area contributed by atoms with Crippen LogP contribution in [0.4, 0.5) is 13.2 Å². The molecule has 0 radical (unpaired) electrons. The quantitative estimate of drug-likeness (QED) is 0.470. The first-order valence-corrected chi connectivity index (χ1v) is 12.4. The van der Waals surface area contributed by atoms with Crippen LogP contribution in [0.15, 0.2) is 30.5 Å². The topological polar surface area (TPSA) is 87.4 Å². The van der Waals surface area contributed by atoms with Crippen molar-refractivity contribution < 1.29 is 28.2 Å². The van der Waals surface area contributed by atoms with Crippen molar-refractivity contribution in [3.8, 4) is 0 Å². The summed E-state index contributed by atoms with van der Waals surface area (Å²) >= 11 is 0. The number of hydrogen-bond acceptors (Lipinski definition) is 4. The third kappa shape index (κ3) is 7.54. The monoisotopic (exact) mass is 495 g/mol. The average Bonchev–Trinajstić information content (AvgIpc) is 3.47. The van der Waals surface area contributed by atoms with Crippen molar-refractivity contribution >= 4 is 5.97 Å². The Morgan fingerprint density at radius 1 is 1.14 bits per heavy atom. The molecule has 9 heteroatoms. The summed E-state index contributed by atoms with van der Waals surface area (Å²) in [7, 11) is 0. The van der Waals surface area contributed by atoms with Crippen LogP contribution in [0.2, 0.25) is 0 Å². The van der Waals surface area contributed by atoms with Crippen molar-refractivity contribution in [1.29, 1.82) is 0 Å². The van der Waals surface area contributed by atoms with Gasteiger partial charge in [-0.1, -0.05) is 51.0 Å². The molecule has 0 aliphatic heterocycles. The van der Waals surface area contributed by atoms with Gasteiger partial charge in [-0.05, 0) is 55.6 Å². The molecule has 3 N–H and O–H groups in total. The van der Waals surface area contributed by atoms with Crippen LogP contribution in [-0.2, 0) is 17.6 Å². The van der Waals surface area contributed by atoms with E-state index in [4.69, 9.17) is 15.0 Å². The smallest absolute Gasteiger partial charge is 0.475 e. The lowest BCUT2D eigenvalue weighted by Crippen LogP contribution is -2.29. The lowest BCUT2D eigenvalue weighted by Gasteiger charge is -2.26. The number of benzene rings is 1. The number of halogens is 3. The van der Waals surface area contributed by atoms with Crippen LogP contribution in [0.5, 0.6) is 0 Å². The number of alkyl halides is 3. The lowest BCUT2D eigenvalue weighted by molar-refractivity contribution is -0.192. The Labute approximate surface area is 204 Å². The van der Waals surface area contributed by atoms with Crippen LogP contribution >= 0.6 is 0 Å². The molecule has 1 aromatic heterocycles. The third-order valence-electron chi connectivity index (χ3n) is 6.69. The zero-order valence-electron chi connectivity index (χ0n) is 20.4. The van der Waals surface area contributed by atoms with Crippen LogP contribution in [0.3, 0.4) is 0 Å². The molecular weight excluding hydrogens is 459 g/mol. The van der Waals surface area contributed by atoms with Gasteiger partial charge in [0, 0.05) is 23.8 Å². The van der Waals surface area contributed by atoms with Gasteiger partial charge < -0.3 is 15.5 Å². The van der Waals surface area contributed by atoms with E-state index in [0.717, 1.165) is 24.8 Å². The van der Waals surface area contributed by atoms with Crippen molar-refractivity contribution in [1.82, 2.24) is 15.1 Å². The fraction of sp³-hybridized carbons (Fsp3) is 0.615. The number of carbonyl (C=O) groups is 1. The number of rotatable bonds is 7. The Balaban J connectivity index is 0.000000429. The number of carboxylic acid groups (broad SMARTS) is 1. The Bertz CT molecular complexity index is 951. The van der Waals surface area contributed by atoms with Gasteiger partial charge in [0.05, 0.1) is 18.3 Å². The van der Waals surface area contributed by atoms with E-state index in [1.807, 2.05) is 0 Å². The van der Waals surface area contributed by atoms with Crippen LogP contribution in [0.25, 0.3) is 0 Å². The van der Waals surface area contributed by atoms with Crippen LogP contribution in [-0.4, -0.2) is 38.7 Å². The number of nitrogens with zero attached hydrogens (tertiary/aromatic N) is 2. The molecule has 2 aromatic rings. The molecular formula is C26H36F3N3O3. The summed E-state index contributed by atoms with van der Waals surface area (Å²) in [5.74, 6) is -2.10. The predicted octanol–water partition coefficient (Wildman–Crippen LogP) is 5.53. The predicted molar refractivity (Wildman–Crippen MR) is 127 cm³/mol. The SMILES string of the molecule is CC(C)Cc1ccc(C(O)CNC2CCCc3c2cnn3C2CCCC2)cc1.O=C(O)C(F)(F)F. The highest BCUT2D eigenvalue weighted by atomic mass is 19.4. The number of nitrogens with one attached hydrogen (secondary N) is 1. The molecule has 2 atom stereocenters. The summed E-state index contributed by atoms with van der Waals surface area (Å²) in [4.78, 5) is 8.90. The second-order valence-corrected chi connectivity index (χ2v) is 9.94. The number of aliphatic hydroxyl groups is 1. The summed E-state index contributed by atoms with van der Waals surface area (Å²) in [5, 5.41) is 26.2. The third-order valence-corrected chi connectivity index (χ3v) is 6.69. The molecule has 1 saturated carbocycles. The highest BCUT2D eigenvalue weighted by molar-refractivity contribution is 5.73. The van der Waals surface area contributed by atoms with Crippen molar-refractivity contribution in [2.24, 2.45) is 5.92 Å². The minimum absolute atomic E-state index is 0.314. The van der Waals surface area contributed by atoms with Crippen LogP contribution in [0, 0.1) is 5.92 Å². The molecule has 0 amide bonds. The van der Waals surface area contributed by atoms with Crippen molar-refractivity contribution in [2.75, 3.05) is 6.54 Å². The first-order chi connectivity index (χ1) is 16.6.